The number of rotatable bonds is 21. The Morgan fingerprint density at radius 3 is 1.32 bits per heavy atom. The quantitative estimate of drug-likeness (QED) is 0.0493. The van der Waals surface area contributed by atoms with E-state index >= 15 is 0 Å². The topological polar surface area (TPSA) is 151 Å². The smallest absolute Gasteiger partial charge is 0.325 e. The molecule has 5 amide bonds. The van der Waals surface area contributed by atoms with Crippen LogP contribution in [-0.4, -0.2) is 121 Å². The summed E-state index contributed by atoms with van der Waals surface area (Å²) >= 11 is 3.26. The van der Waals surface area contributed by atoms with Gasteiger partial charge in [0.15, 0.2) is 5.54 Å². The van der Waals surface area contributed by atoms with Crippen molar-refractivity contribution < 1.29 is 47.6 Å². The predicted octanol–water partition coefficient (Wildman–Crippen LogP) is 5.24. The number of halogens is 1. The Hall–Kier alpha value is -4.80. The van der Waals surface area contributed by atoms with Gasteiger partial charge in [-0.25, -0.2) is 4.79 Å². The van der Waals surface area contributed by atoms with Gasteiger partial charge in [-0.2, -0.15) is 0 Å². The summed E-state index contributed by atoms with van der Waals surface area (Å²) < 4.78 is 30.8. The van der Waals surface area contributed by atoms with E-state index in [9.17, 15) is 19.2 Å². The molecule has 2 aliphatic rings. The van der Waals surface area contributed by atoms with Gasteiger partial charge in [-0.15, -0.1) is 0 Å². The molecule has 0 aromatic heterocycles. The number of carbonyl (C=O) groups excluding carboxylic acids is 4. The van der Waals surface area contributed by atoms with Crippen LogP contribution in [0.25, 0.3) is 0 Å². The Labute approximate surface area is 354 Å². The number of nitrogens with one attached hydrogen (secondary N) is 2. The first-order valence-corrected chi connectivity index (χ1v) is 20.5. The van der Waals surface area contributed by atoms with Crippen LogP contribution in [0.4, 0.5) is 4.79 Å². The van der Waals surface area contributed by atoms with E-state index in [0.29, 0.717) is 52.9 Å². The van der Waals surface area contributed by atoms with E-state index in [1.165, 1.54) is 4.90 Å². The minimum absolute atomic E-state index is 0.167. The van der Waals surface area contributed by atoms with Crippen LogP contribution in [0.1, 0.15) is 28.7 Å². The molecule has 13 nitrogen and oxygen atoms in total. The van der Waals surface area contributed by atoms with Gasteiger partial charge >= 0.3 is 6.03 Å². The fraction of sp³-hybridized carbons (Fsp3) is 0.378. The van der Waals surface area contributed by atoms with E-state index in [-0.39, 0.29) is 37.3 Å². The summed E-state index contributed by atoms with van der Waals surface area (Å²) in [5.41, 5.74) is 1.02. The first kappa shape index (κ1) is 46.9. The van der Waals surface area contributed by atoms with Crippen LogP contribution in [0.15, 0.2) is 121 Å². The molecule has 0 aliphatic carbocycles. The number of hydrogen-bond donors (Lipinski definition) is 2. The molecule has 0 radical (unpaired) electrons. The number of carbonyl (C=O) groups is 4. The standard InChI is InChI=1S/C22H26N2O5.C16H13NO2.C7H15BrO3/c1-27-14-15-29-17-16-28-13-12-24-20(25)22(23-21(24)26,18-8-4-2-5-9-18)19-10-6-3-7-11-19;18-14-11-16(15(19)17-14,12-7-3-1-4-8-12)13-9-5-2-6-10-13;1-9-4-5-11-7-6-10-3-2-8/h2-11H,12-17H2,1H3,(H,23,26);1-10H,11H2,(H,17,18,19);2-7H2,1H3. The number of alkyl halides is 1. The van der Waals surface area contributed by atoms with Crippen molar-refractivity contribution in [2.24, 2.45) is 0 Å². The van der Waals surface area contributed by atoms with Crippen molar-refractivity contribution in [3.8, 4) is 0 Å². The third-order valence-corrected chi connectivity index (χ3v) is 9.73. The number of urea groups is 1. The SMILES string of the molecule is COCCOCCOCCBr.COCCOCCOCCN1C(=O)NC(c2ccccc2)(c2ccccc2)C1=O.O=C1CC(c2ccccc2)(c2ccccc2)C(=O)N1. The molecule has 59 heavy (non-hydrogen) atoms. The molecule has 316 valence electrons. The van der Waals surface area contributed by atoms with E-state index in [1.807, 2.05) is 121 Å². The number of hydrogen-bond acceptors (Lipinski definition) is 10. The summed E-state index contributed by atoms with van der Waals surface area (Å²) in [6, 6.07) is 37.1. The molecule has 0 saturated carbocycles. The number of methoxy groups -OCH3 is 2. The lowest BCUT2D eigenvalue weighted by Gasteiger charge is -2.28. The number of amides is 5. The minimum Gasteiger partial charge on any atom is -0.382 e. The maximum absolute atomic E-state index is 13.4. The van der Waals surface area contributed by atoms with Gasteiger partial charge in [0.1, 0.15) is 5.41 Å². The van der Waals surface area contributed by atoms with Crippen LogP contribution in [0.2, 0.25) is 0 Å². The largest absolute Gasteiger partial charge is 0.382 e. The first-order chi connectivity index (χ1) is 28.8. The lowest BCUT2D eigenvalue weighted by atomic mass is 9.73. The molecule has 0 spiro atoms. The van der Waals surface area contributed by atoms with E-state index < -0.39 is 17.0 Å². The molecule has 2 fully saturated rings. The summed E-state index contributed by atoms with van der Waals surface area (Å²) in [5.74, 6) is -0.771. The highest BCUT2D eigenvalue weighted by molar-refractivity contribution is 9.09. The number of imide groups is 2. The van der Waals surface area contributed by atoms with E-state index in [1.54, 1.807) is 14.2 Å². The second-order valence-electron chi connectivity index (χ2n) is 13.2. The van der Waals surface area contributed by atoms with Crippen LogP contribution in [0.3, 0.4) is 0 Å². The van der Waals surface area contributed by atoms with Crippen molar-refractivity contribution >= 4 is 39.7 Å². The Morgan fingerprint density at radius 2 is 0.932 bits per heavy atom. The normalized spacial score (nSPS) is 15.1. The van der Waals surface area contributed by atoms with Crippen molar-refractivity contribution in [3.05, 3.63) is 144 Å². The zero-order chi connectivity index (χ0) is 42.2. The summed E-state index contributed by atoms with van der Waals surface area (Å²) in [6.07, 6.45) is 0.167. The monoisotopic (exact) mass is 875 g/mol. The minimum atomic E-state index is -1.23. The number of nitrogens with zero attached hydrogens (tertiary/aromatic N) is 1. The van der Waals surface area contributed by atoms with E-state index in [0.717, 1.165) is 34.2 Å². The van der Waals surface area contributed by atoms with E-state index in [4.69, 9.17) is 28.4 Å². The summed E-state index contributed by atoms with van der Waals surface area (Å²) in [5, 5.41) is 6.23. The Bertz CT molecular complexity index is 1750. The predicted molar refractivity (Wildman–Crippen MR) is 226 cm³/mol. The molecule has 2 aliphatic heterocycles. The summed E-state index contributed by atoms with van der Waals surface area (Å²) in [6.45, 7) is 5.62. The highest BCUT2D eigenvalue weighted by atomic mass is 79.9. The molecule has 14 heteroatoms. The van der Waals surface area contributed by atoms with Crippen LogP contribution in [0, 0.1) is 0 Å². The summed E-state index contributed by atoms with van der Waals surface area (Å²) in [4.78, 5) is 51.4. The zero-order valence-corrected chi connectivity index (χ0v) is 35.2. The van der Waals surface area contributed by atoms with Crippen molar-refractivity contribution in [1.82, 2.24) is 15.5 Å². The maximum atomic E-state index is 13.4. The van der Waals surface area contributed by atoms with Crippen LogP contribution >= 0.6 is 15.9 Å². The fourth-order valence-electron chi connectivity index (χ4n) is 6.53. The van der Waals surface area contributed by atoms with Gasteiger partial charge in [0, 0.05) is 26.0 Å². The molecular formula is C45H54BrN3O10. The Balaban J connectivity index is 0.000000219. The van der Waals surface area contributed by atoms with Gasteiger partial charge in [0.25, 0.3) is 5.91 Å². The highest BCUT2D eigenvalue weighted by Crippen LogP contribution is 2.39. The second kappa shape index (κ2) is 25.6. The average molecular weight is 877 g/mol. The van der Waals surface area contributed by atoms with Crippen LogP contribution < -0.4 is 10.6 Å². The van der Waals surface area contributed by atoms with Gasteiger partial charge in [-0.3, -0.25) is 24.6 Å². The lowest BCUT2D eigenvalue weighted by molar-refractivity contribution is -0.131. The van der Waals surface area contributed by atoms with Crippen molar-refractivity contribution in [2.45, 2.75) is 17.4 Å². The third-order valence-electron chi connectivity index (χ3n) is 9.41. The molecule has 4 aromatic carbocycles. The maximum Gasteiger partial charge on any atom is 0.325 e. The van der Waals surface area contributed by atoms with Gasteiger partial charge < -0.3 is 33.7 Å². The van der Waals surface area contributed by atoms with Gasteiger partial charge in [0.2, 0.25) is 11.8 Å². The molecule has 2 saturated heterocycles. The molecular weight excluding hydrogens is 822 g/mol. The van der Waals surface area contributed by atoms with Crippen molar-refractivity contribution in [2.75, 3.05) is 92.2 Å². The third kappa shape index (κ3) is 13.1. The Morgan fingerprint density at radius 1 is 0.542 bits per heavy atom. The molecule has 6 rings (SSSR count). The van der Waals surface area contributed by atoms with Gasteiger partial charge in [-0.1, -0.05) is 137 Å². The first-order valence-electron chi connectivity index (χ1n) is 19.4. The van der Waals surface area contributed by atoms with Crippen molar-refractivity contribution in [1.29, 1.82) is 0 Å². The molecule has 0 bridgehead atoms. The lowest BCUT2D eigenvalue weighted by Crippen LogP contribution is -2.45. The number of ether oxygens (including phenoxy) is 6. The van der Waals surface area contributed by atoms with Gasteiger partial charge in [0.05, 0.1) is 72.6 Å². The second-order valence-corrected chi connectivity index (χ2v) is 14.0. The number of benzene rings is 4. The van der Waals surface area contributed by atoms with Crippen LogP contribution in [0.5, 0.6) is 0 Å². The molecule has 2 heterocycles. The van der Waals surface area contributed by atoms with Gasteiger partial charge in [-0.05, 0) is 22.3 Å². The summed E-state index contributed by atoms with van der Waals surface area (Å²) in [7, 11) is 3.27. The zero-order valence-electron chi connectivity index (χ0n) is 33.6. The van der Waals surface area contributed by atoms with Crippen LogP contribution in [-0.2, 0) is 53.8 Å². The molecule has 4 aromatic rings. The van der Waals surface area contributed by atoms with Crippen molar-refractivity contribution in [3.63, 3.8) is 0 Å². The molecule has 0 atom stereocenters. The molecule has 2 N–H and O–H groups in total. The highest BCUT2D eigenvalue weighted by Gasteiger charge is 2.53. The van der Waals surface area contributed by atoms with E-state index in [2.05, 4.69) is 26.6 Å². The molecule has 0 unspecified atom stereocenters. The fourth-order valence-corrected chi connectivity index (χ4v) is 6.76. The average Bonchev–Trinajstić information content (AvgIpc) is 3.73. The Kier molecular flexibility index (Phi) is 20.4.